The summed E-state index contributed by atoms with van der Waals surface area (Å²) in [5, 5.41) is 0. The highest BCUT2D eigenvalue weighted by Gasteiger charge is 2.39. The van der Waals surface area contributed by atoms with Crippen LogP contribution in [0, 0.1) is 0 Å². The van der Waals surface area contributed by atoms with Crippen LogP contribution in [0.15, 0.2) is 11.8 Å². The van der Waals surface area contributed by atoms with Crippen molar-refractivity contribution in [2.24, 2.45) is 0 Å². The van der Waals surface area contributed by atoms with E-state index in [0.29, 0.717) is 31.4 Å². The first-order valence-corrected chi connectivity index (χ1v) is 9.46. The number of hydrogen-bond donors (Lipinski definition) is 0. The first kappa shape index (κ1) is 22.5. The van der Waals surface area contributed by atoms with Crippen molar-refractivity contribution in [2.75, 3.05) is 7.11 Å². The molecular weight excluding hydrogens is 443 g/mol. The van der Waals surface area contributed by atoms with Crippen molar-refractivity contribution in [3.8, 4) is 0 Å². The molecule has 0 saturated heterocycles. The summed E-state index contributed by atoms with van der Waals surface area (Å²) in [4.78, 5) is 25.6. The van der Waals surface area contributed by atoms with Gasteiger partial charge in [-0.25, -0.2) is 0 Å². The van der Waals surface area contributed by atoms with Gasteiger partial charge in [0.15, 0.2) is 7.59 Å². The van der Waals surface area contributed by atoms with E-state index in [-0.39, 0.29) is 18.7 Å². The van der Waals surface area contributed by atoms with Gasteiger partial charge in [0.05, 0.1) is 13.2 Å². The van der Waals surface area contributed by atoms with E-state index < -0.39 is 19.5 Å². The fraction of sp³-hybridized carbons (Fsp3) is 0.714. The highest BCUT2D eigenvalue weighted by atomic mass is 35.6. The molecule has 0 bridgehead atoms. The third-order valence-corrected chi connectivity index (χ3v) is 4.58. The molecule has 138 valence electrons. The maximum Gasteiger partial charge on any atom is 0.257 e. The molecule has 0 aromatic carbocycles. The summed E-state index contributed by atoms with van der Waals surface area (Å²) in [5.74, 6) is -0.390. The lowest BCUT2D eigenvalue weighted by Crippen LogP contribution is -2.41. The average molecular weight is 460 g/mol. The average Bonchev–Trinajstić information content (AvgIpc) is 2.75. The minimum atomic E-state index is -1.47. The first-order chi connectivity index (χ1) is 10.9. The van der Waals surface area contributed by atoms with Crippen LogP contribution in [0.3, 0.4) is 0 Å². The predicted octanol–water partition coefficient (Wildman–Crippen LogP) is 5.34. The highest BCUT2D eigenvalue weighted by Crippen LogP contribution is 2.35. The van der Waals surface area contributed by atoms with Crippen molar-refractivity contribution in [1.82, 2.24) is 4.90 Å². The van der Waals surface area contributed by atoms with Crippen molar-refractivity contribution in [1.29, 1.82) is 0 Å². The fourth-order valence-corrected chi connectivity index (χ4v) is 3.08. The Hall–Kier alpha value is 0.420. The number of ether oxygens (including phenoxy) is 1. The molecule has 0 N–H and O–H groups in total. The monoisotopic (exact) mass is 457 g/mol. The van der Waals surface area contributed by atoms with Gasteiger partial charge in [0, 0.05) is 12.5 Å². The number of methoxy groups -OCH3 is 1. The molecule has 2 amide bonds. The van der Waals surface area contributed by atoms with Crippen molar-refractivity contribution < 1.29 is 14.3 Å². The summed E-state index contributed by atoms with van der Waals surface area (Å²) in [6.45, 7) is 0. The molecule has 1 rings (SSSR count). The number of nitrogens with zero attached hydrogens (tertiary/aromatic N) is 1. The summed E-state index contributed by atoms with van der Waals surface area (Å²) in [7, 11) is 1.43. The summed E-state index contributed by atoms with van der Waals surface area (Å²) in [5.41, 5.74) is 0. The van der Waals surface area contributed by atoms with Crippen LogP contribution >= 0.6 is 69.6 Å². The molecule has 1 atom stereocenters. The van der Waals surface area contributed by atoms with Crippen LogP contribution < -0.4 is 0 Å². The van der Waals surface area contributed by atoms with E-state index in [2.05, 4.69) is 0 Å². The van der Waals surface area contributed by atoms with E-state index in [1.54, 1.807) is 0 Å². The van der Waals surface area contributed by atoms with Gasteiger partial charge in [0.2, 0.25) is 5.91 Å². The maximum atomic E-state index is 12.4. The van der Waals surface area contributed by atoms with Crippen LogP contribution in [0.4, 0.5) is 0 Å². The smallest absolute Gasteiger partial charge is 0.257 e. The van der Waals surface area contributed by atoms with Gasteiger partial charge in [-0.3, -0.25) is 14.5 Å². The molecule has 4 nitrogen and oxygen atoms in total. The molecule has 0 saturated carbocycles. The first-order valence-electron chi connectivity index (χ1n) is 7.19. The van der Waals surface area contributed by atoms with Crippen molar-refractivity contribution in [2.45, 2.75) is 52.2 Å². The number of alkyl halides is 6. The van der Waals surface area contributed by atoms with Gasteiger partial charge in [-0.15, -0.1) is 0 Å². The minimum Gasteiger partial charge on any atom is -0.499 e. The summed E-state index contributed by atoms with van der Waals surface area (Å²) >= 11 is 34.3. The number of unbranched alkanes of at least 4 members (excludes halogenated alkanes) is 1. The molecule has 0 aromatic rings. The molecule has 0 unspecified atom stereocenters. The van der Waals surface area contributed by atoms with E-state index in [1.807, 2.05) is 0 Å². The Morgan fingerprint density at radius 2 is 1.71 bits per heavy atom. The van der Waals surface area contributed by atoms with Crippen LogP contribution in [-0.4, -0.2) is 37.5 Å². The summed E-state index contributed by atoms with van der Waals surface area (Å²) in [6.07, 6.45) is 3.28. The highest BCUT2D eigenvalue weighted by molar-refractivity contribution is 6.67. The third-order valence-electron chi connectivity index (χ3n) is 3.45. The molecule has 0 radical (unpaired) electrons. The van der Waals surface area contributed by atoms with E-state index in [1.165, 1.54) is 13.2 Å². The van der Waals surface area contributed by atoms with Gasteiger partial charge in [-0.2, -0.15) is 0 Å². The standard InChI is InChI=1S/C14H17Cl6NO3/c1-24-10-8-12(23)21(9(10)5-7-14(18,19)20)11(22)4-2-3-6-13(15,16)17/h8-9H,2-7H2,1H3/t9-/m0/s1. The molecule has 1 aliphatic rings. The number of rotatable bonds is 7. The maximum absolute atomic E-state index is 12.4. The second-order valence-electron chi connectivity index (χ2n) is 5.34. The zero-order valence-corrected chi connectivity index (χ0v) is 17.4. The molecule has 24 heavy (non-hydrogen) atoms. The molecule has 10 heteroatoms. The number of amides is 2. The zero-order valence-electron chi connectivity index (χ0n) is 12.8. The lowest BCUT2D eigenvalue weighted by atomic mass is 10.1. The van der Waals surface area contributed by atoms with Gasteiger partial charge in [0.25, 0.3) is 5.91 Å². The topological polar surface area (TPSA) is 46.6 Å². The molecule has 0 aliphatic carbocycles. The van der Waals surface area contributed by atoms with E-state index in [0.717, 1.165) is 4.90 Å². The van der Waals surface area contributed by atoms with Crippen LogP contribution in [0.25, 0.3) is 0 Å². The van der Waals surface area contributed by atoms with E-state index in [4.69, 9.17) is 74.3 Å². The number of halogens is 6. The van der Waals surface area contributed by atoms with Gasteiger partial charge in [-0.05, 0) is 32.1 Å². The number of imide groups is 1. The lowest BCUT2D eigenvalue weighted by Gasteiger charge is -2.26. The van der Waals surface area contributed by atoms with E-state index in [9.17, 15) is 9.59 Å². The molecule has 0 spiro atoms. The van der Waals surface area contributed by atoms with Crippen molar-refractivity contribution in [3.05, 3.63) is 11.8 Å². The number of carbonyl (C=O) groups is 2. The van der Waals surface area contributed by atoms with Crippen molar-refractivity contribution >= 4 is 81.4 Å². The van der Waals surface area contributed by atoms with Gasteiger partial charge < -0.3 is 4.74 Å². The normalized spacial score (nSPS) is 18.8. The van der Waals surface area contributed by atoms with E-state index >= 15 is 0 Å². The second kappa shape index (κ2) is 9.38. The predicted molar refractivity (Wildman–Crippen MR) is 99.0 cm³/mol. The fourth-order valence-electron chi connectivity index (χ4n) is 2.35. The zero-order chi connectivity index (χ0) is 18.5. The van der Waals surface area contributed by atoms with Crippen molar-refractivity contribution in [3.63, 3.8) is 0 Å². The molecule has 1 heterocycles. The minimum absolute atomic E-state index is 0.154. The Kier molecular flexibility index (Phi) is 8.78. The molecule has 0 aromatic heterocycles. The van der Waals surface area contributed by atoms with Crippen LogP contribution in [0.1, 0.15) is 38.5 Å². The molecule has 1 aliphatic heterocycles. The summed E-state index contributed by atoms with van der Waals surface area (Å²) in [6, 6.07) is -0.571. The van der Waals surface area contributed by atoms with Crippen LogP contribution in [-0.2, 0) is 14.3 Å². The van der Waals surface area contributed by atoms with Gasteiger partial charge in [-0.1, -0.05) is 69.6 Å². The summed E-state index contributed by atoms with van der Waals surface area (Å²) < 4.78 is 2.36. The SMILES string of the molecule is COC1=CC(=O)N(C(=O)CCCCC(Cl)(Cl)Cl)[C@H]1CCC(Cl)(Cl)Cl. The Balaban J connectivity index is 2.65. The van der Waals surface area contributed by atoms with Crippen LogP contribution in [0.5, 0.6) is 0 Å². The Bertz CT molecular complexity index is 498. The molecular formula is C14H17Cl6NO3. The number of hydrogen-bond acceptors (Lipinski definition) is 3. The van der Waals surface area contributed by atoms with Gasteiger partial charge in [0.1, 0.15) is 5.76 Å². The Morgan fingerprint density at radius 1 is 1.12 bits per heavy atom. The Morgan fingerprint density at radius 3 is 2.21 bits per heavy atom. The quantitative estimate of drug-likeness (QED) is 0.381. The third kappa shape index (κ3) is 7.76. The Labute approximate surface area is 171 Å². The van der Waals surface area contributed by atoms with Gasteiger partial charge >= 0.3 is 0 Å². The second-order valence-corrected chi connectivity index (χ2v) is 10.4. The van der Waals surface area contributed by atoms with Crippen LogP contribution in [0.2, 0.25) is 0 Å². The molecule has 0 fully saturated rings. The largest absolute Gasteiger partial charge is 0.499 e. The number of carbonyl (C=O) groups excluding carboxylic acids is 2. The lowest BCUT2D eigenvalue weighted by molar-refractivity contribution is -0.143.